The molecular formula is C14H13BrClNO. The van der Waals surface area contributed by atoms with Gasteiger partial charge in [0.25, 0.3) is 0 Å². The third-order valence-electron chi connectivity index (χ3n) is 2.67. The monoisotopic (exact) mass is 325 g/mol. The van der Waals surface area contributed by atoms with E-state index in [4.69, 9.17) is 11.6 Å². The molecule has 2 aromatic carbocycles. The van der Waals surface area contributed by atoms with Crippen LogP contribution in [0.3, 0.4) is 0 Å². The summed E-state index contributed by atoms with van der Waals surface area (Å²) in [6, 6.07) is 15.1. The quantitative estimate of drug-likeness (QED) is 0.880. The molecule has 94 valence electrons. The van der Waals surface area contributed by atoms with Crippen molar-refractivity contribution in [2.24, 2.45) is 0 Å². The predicted octanol–water partition coefficient (Wildman–Crippen LogP) is 4.25. The van der Waals surface area contributed by atoms with Crippen molar-refractivity contribution in [3.63, 3.8) is 0 Å². The highest BCUT2D eigenvalue weighted by molar-refractivity contribution is 9.10. The van der Waals surface area contributed by atoms with E-state index in [0.717, 1.165) is 15.7 Å². The van der Waals surface area contributed by atoms with Crippen LogP contribution in [0, 0.1) is 0 Å². The molecule has 0 aromatic heterocycles. The van der Waals surface area contributed by atoms with Crippen LogP contribution in [0.25, 0.3) is 0 Å². The number of hydrogen-bond acceptors (Lipinski definition) is 2. The van der Waals surface area contributed by atoms with E-state index in [0.29, 0.717) is 5.02 Å². The zero-order chi connectivity index (χ0) is 13.0. The fourth-order valence-corrected chi connectivity index (χ4v) is 2.50. The first-order chi connectivity index (χ1) is 8.72. The maximum absolute atomic E-state index is 9.53. The van der Waals surface area contributed by atoms with E-state index in [-0.39, 0.29) is 12.6 Å². The Kier molecular flexibility index (Phi) is 4.64. The van der Waals surface area contributed by atoms with Gasteiger partial charge in [-0.15, -0.1) is 0 Å². The molecule has 18 heavy (non-hydrogen) atoms. The van der Waals surface area contributed by atoms with Crippen LogP contribution in [-0.2, 0) is 0 Å². The summed E-state index contributed by atoms with van der Waals surface area (Å²) in [5.41, 5.74) is 1.81. The summed E-state index contributed by atoms with van der Waals surface area (Å²) in [6.07, 6.45) is 0. The van der Waals surface area contributed by atoms with Crippen LogP contribution in [0.2, 0.25) is 5.02 Å². The molecule has 2 rings (SSSR count). The summed E-state index contributed by atoms with van der Waals surface area (Å²) >= 11 is 9.58. The van der Waals surface area contributed by atoms with E-state index in [1.165, 1.54) is 0 Å². The SMILES string of the molecule is OCC(Nc1ccccc1Cl)c1ccccc1Br. The van der Waals surface area contributed by atoms with Gasteiger partial charge in [0, 0.05) is 4.47 Å². The Bertz CT molecular complexity index is 533. The van der Waals surface area contributed by atoms with Gasteiger partial charge in [-0.05, 0) is 23.8 Å². The third kappa shape index (κ3) is 3.05. The fourth-order valence-electron chi connectivity index (χ4n) is 1.75. The summed E-state index contributed by atoms with van der Waals surface area (Å²) in [4.78, 5) is 0. The lowest BCUT2D eigenvalue weighted by molar-refractivity contribution is 0.276. The first-order valence-corrected chi connectivity index (χ1v) is 6.76. The fraction of sp³-hybridized carbons (Fsp3) is 0.143. The summed E-state index contributed by atoms with van der Waals surface area (Å²) in [6.45, 7) is -0.00611. The van der Waals surface area contributed by atoms with Gasteiger partial charge in [-0.2, -0.15) is 0 Å². The molecule has 0 fully saturated rings. The second-order valence-electron chi connectivity index (χ2n) is 3.88. The Morgan fingerprint density at radius 3 is 2.44 bits per heavy atom. The van der Waals surface area contributed by atoms with Gasteiger partial charge in [-0.1, -0.05) is 57.9 Å². The molecule has 0 heterocycles. The van der Waals surface area contributed by atoms with Gasteiger partial charge in [0.1, 0.15) is 0 Å². The standard InChI is InChI=1S/C14H13BrClNO/c15-11-6-2-1-5-10(11)14(9-18)17-13-8-4-3-7-12(13)16/h1-8,14,17-18H,9H2. The number of hydrogen-bond donors (Lipinski definition) is 2. The highest BCUT2D eigenvalue weighted by Gasteiger charge is 2.13. The lowest BCUT2D eigenvalue weighted by Crippen LogP contribution is -2.15. The Morgan fingerprint density at radius 1 is 1.11 bits per heavy atom. The average Bonchev–Trinajstić information content (AvgIpc) is 2.39. The Hall–Kier alpha value is -1.03. The van der Waals surface area contributed by atoms with E-state index >= 15 is 0 Å². The van der Waals surface area contributed by atoms with Crippen molar-refractivity contribution in [3.05, 3.63) is 63.6 Å². The molecule has 4 heteroatoms. The molecular weight excluding hydrogens is 314 g/mol. The number of aliphatic hydroxyl groups excluding tert-OH is 1. The van der Waals surface area contributed by atoms with Crippen LogP contribution in [0.1, 0.15) is 11.6 Å². The molecule has 0 aliphatic heterocycles. The number of nitrogens with one attached hydrogen (secondary N) is 1. The van der Waals surface area contributed by atoms with Crippen molar-refractivity contribution in [3.8, 4) is 0 Å². The van der Waals surface area contributed by atoms with Gasteiger partial charge >= 0.3 is 0 Å². The van der Waals surface area contributed by atoms with Crippen LogP contribution in [0.5, 0.6) is 0 Å². The molecule has 0 spiro atoms. The van der Waals surface area contributed by atoms with Crippen molar-refractivity contribution >= 4 is 33.2 Å². The largest absolute Gasteiger partial charge is 0.394 e. The van der Waals surface area contributed by atoms with Gasteiger partial charge in [0.2, 0.25) is 0 Å². The van der Waals surface area contributed by atoms with Crippen LogP contribution in [0.15, 0.2) is 53.0 Å². The van der Waals surface area contributed by atoms with Gasteiger partial charge in [-0.25, -0.2) is 0 Å². The van der Waals surface area contributed by atoms with Gasteiger partial charge < -0.3 is 10.4 Å². The van der Waals surface area contributed by atoms with Crippen molar-refractivity contribution in [2.75, 3.05) is 11.9 Å². The van der Waals surface area contributed by atoms with Gasteiger partial charge in [0.15, 0.2) is 0 Å². The second-order valence-corrected chi connectivity index (χ2v) is 5.14. The number of para-hydroxylation sites is 1. The van der Waals surface area contributed by atoms with Gasteiger partial charge in [-0.3, -0.25) is 0 Å². The Labute approximate surface area is 120 Å². The Morgan fingerprint density at radius 2 is 1.78 bits per heavy atom. The normalized spacial score (nSPS) is 12.2. The van der Waals surface area contributed by atoms with Crippen LogP contribution in [0.4, 0.5) is 5.69 Å². The minimum atomic E-state index is -0.194. The van der Waals surface area contributed by atoms with Crippen molar-refractivity contribution in [2.45, 2.75) is 6.04 Å². The first-order valence-electron chi connectivity index (χ1n) is 5.58. The third-order valence-corrected chi connectivity index (χ3v) is 3.72. The summed E-state index contributed by atoms with van der Waals surface area (Å²) < 4.78 is 0.962. The highest BCUT2D eigenvalue weighted by atomic mass is 79.9. The zero-order valence-corrected chi connectivity index (χ0v) is 11.9. The summed E-state index contributed by atoms with van der Waals surface area (Å²) in [5, 5.41) is 13.4. The topological polar surface area (TPSA) is 32.3 Å². The lowest BCUT2D eigenvalue weighted by atomic mass is 10.1. The van der Waals surface area contributed by atoms with Gasteiger partial charge in [0.05, 0.1) is 23.4 Å². The van der Waals surface area contributed by atoms with E-state index in [1.54, 1.807) is 0 Å². The Balaban J connectivity index is 2.26. The number of rotatable bonds is 4. The molecule has 2 aromatic rings. The van der Waals surface area contributed by atoms with E-state index in [9.17, 15) is 5.11 Å². The molecule has 0 saturated heterocycles. The lowest BCUT2D eigenvalue weighted by Gasteiger charge is -2.20. The van der Waals surface area contributed by atoms with E-state index in [2.05, 4.69) is 21.2 Å². The predicted molar refractivity (Wildman–Crippen MR) is 79.0 cm³/mol. The zero-order valence-electron chi connectivity index (χ0n) is 9.61. The molecule has 0 aliphatic carbocycles. The number of aliphatic hydroxyl groups is 1. The molecule has 0 amide bonds. The van der Waals surface area contributed by atoms with Crippen molar-refractivity contribution in [1.82, 2.24) is 0 Å². The molecule has 0 radical (unpaired) electrons. The average molecular weight is 327 g/mol. The summed E-state index contributed by atoms with van der Waals surface area (Å²) in [5.74, 6) is 0. The van der Waals surface area contributed by atoms with Crippen LogP contribution < -0.4 is 5.32 Å². The first kappa shape index (κ1) is 13.4. The van der Waals surface area contributed by atoms with E-state index < -0.39 is 0 Å². The molecule has 1 atom stereocenters. The molecule has 1 unspecified atom stereocenters. The molecule has 2 nitrogen and oxygen atoms in total. The number of benzene rings is 2. The minimum Gasteiger partial charge on any atom is -0.394 e. The maximum Gasteiger partial charge on any atom is 0.0756 e. The smallest absolute Gasteiger partial charge is 0.0756 e. The van der Waals surface area contributed by atoms with Crippen molar-refractivity contribution < 1.29 is 5.11 Å². The maximum atomic E-state index is 9.53. The van der Waals surface area contributed by atoms with E-state index in [1.807, 2.05) is 48.5 Å². The minimum absolute atomic E-state index is 0.00611. The number of halogens is 2. The van der Waals surface area contributed by atoms with Crippen molar-refractivity contribution in [1.29, 1.82) is 0 Å². The highest BCUT2D eigenvalue weighted by Crippen LogP contribution is 2.29. The second kappa shape index (κ2) is 6.23. The van der Waals surface area contributed by atoms with Crippen LogP contribution in [-0.4, -0.2) is 11.7 Å². The molecule has 0 saturated carbocycles. The number of anilines is 1. The van der Waals surface area contributed by atoms with Crippen LogP contribution >= 0.6 is 27.5 Å². The molecule has 2 N–H and O–H groups in total. The molecule has 0 aliphatic rings. The summed E-state index contributed by atoms with van der Waals surface area (Å²) in [7, 11) is 0. The molecule has 0 bridgehead atoms.